The maximum atomic E-state index is 6.23. The van der Waals surface area contributed by atoms with E-state index < -0.39 is 0 Å². The summed E-state index contributed by atoms with van der Waals surface area (Å²) in [6, 6.07) is 15.8. The Morgan fingerprint density at radius 3 is 2.22 bits per heavy atom. The van der Waals surface area contributed by atoms with E-state index in [9.17, 15) is 0 Å². The minimum atomic E-state index is 0.730. The summed E-state index contributed by atoms with van der Waals surface area (Å²) in [4.78, 5) is 2.41. The molecule has 1 heterocycles. The van der Waals surface area contributed by atoms with Crippen LogP contribution in [0.25, 0.3) is 0 Å². The monoisotopic (exact) mass is 347 g/mol. The Kier molecular flexibility index (Phi) is 5.55. The van der Waals surface area contributed by atoms with E-state index in [-0.39, 0.29) is 0 Å². The molecule has 0 radical (unpaired) electrons. The number of piperazine rings is 1. The highest BCUT2D eigenvalue weighted by atomic mass is 35.5. The second kappa shape index (κ2) is 7.82. The first kappa shape index (κ1) is 16.3. The van der Waals surface area contributed by atoms with Gasteiger partial charge in [0.2, 0.25) is 0 Å². The van der Waals surface area contributed by atoms with Crippen LogP contribution in [0.5, 0.6) is 0 Å². The van der Waals surface area contributed by atoms with E-state index in [4.69, 9.17) is 23.2 Å². The van der Waals surface area contributed by atoms with Gasteiger partial charge in [0.1, 0.15) is 0 Å². The van der Waals surface area contributed by atoms with Gasteiger partial charge in [-0.3, -0.25) is 9.91 Å². The molecule has 1 fully saturated rings. The topological polar surface area (TPSA) is 18.8 Å². The van der Waals surface area contributed by atoms with Crippen LogP contribution in [-0.2, 0) is 6.54 Å². The van der Waals surface area contributed by atoms with Crippen molar-refractivity contribution in [2.75, 3.05) is 26.2 Å². The Morgan fingerprint density at radius 2 is 1.52 bits per heavy atom. The molecule has 3 nitrogen and oxygen atoms in total. The van der Waals surface area contributed by atoms with Crippen molar-refractivity contribution < 1.29 is 0 Å². The molecule has 2 aromatic rings. The maximum Gasteiger partial charge on any atom is 0.0557 e. The molecule has 0 atom stereocenters. The summed E-state index contributed by atoms with van der Waals surface area (Å²) >= 11 is 12.4. The maximum absolute atomic E-state index is 6.23. The van der Waals surface area contributed by atoms with E-state index in [1.807, 2.05) is 48.7 Å². The predicted molar refractivity (Wildman–Crippen MR) is 97.3 cm³/mol. The van der Waals surface area contributed by atoms with Gasteiger partial charge in [-0.2, -0.15) is 5.10 Å². The number of hydrazone groups is 1. The molecule has 0 amide bonds. The Bertz CT molecular complexity index is 679. The second-order valence-electron chi connectivity index (χ2n) is 5.59. The van der Waals surface area contributed by atoms with Gasteiger partial charge in [0.05, 0.1) is 6.21 Å². The van der Waals surface area contributed by atoms with Crippen molar-refractivity contribution in [3.8, 4) is 0 Å². The summed E-state index contributed by atoms with van der Waals surface area (Å²) in [5.41, 5.74) is 2.13. The molecule has 0 bridgehead atoms. The third-order valence-corrected chi connectivity index (χ3v) is 4.68. The van der Waals surface area contributed by atoms with Crippen molar-refractivity contribution >= 4 is 29.4 Å². The fraction of sp³-hybridized carbons (Fsp3) is 0.278. The second-order valence-corrected chi connectivity index (χ2v) is 6.40. The zero-order valence-electron chi connectivity index (χ0n) is 12.8. The van der Waals surface area contributed by atoms with Gasteiger partial charge in [-0.15, -0.1) is 0 Å². The average molecular weight is 348 g/mol. The van der Waals surface area contributed by atoms with E-state index in [1.165, 1.54) is 5.56 Å². The van der Waals surface area contributed by atoms with Crippen molar-refractivity contribution in [1.29, 1.82) is 0 Å². The van der Waals surface area contributed by atoms with Crippen molar-refractivity contribution in [3.05, 3.63) is 69.7 Å². The molecule has 120 valence electrons. The minimum Gasteiger partial charge on any atom is -0.295 e. The largest absolute Gasteiger partial charge is 0.295 e. The number of hydrogen-bond donors (Lipinski definition) is 0. The first-order valence-corrected chi connectivity index (χ1v) is 8.47. The van der Waals surface area contributed by atoms with Gasteiger partial charge in [0.25, 0.3) is 0 Å². The van der Waals surface area contributed by atoms with E-state index >= 15 is 0 Å². The summed E-state index contributed by atoms with van der Waals surface area (Å²) in [5.74, 6) is 0. The van der Waals surface area contributed by atoms with Gasteiger partial charge in [0.15, 0.2) is 0 Å². The van der Waals surface area contributed by atoms with Crippen LogP contribution in [0.1, 0.15) is 11.1 Å². The highest BCUT2D eigenvalue weighted by molar-refractivity contribution is 6.33. The van der Waals surface area contributed by atoms with Crippen molar-refractivity contribution in [2.24, 2.45) is 5.10 Å². The summed E-state index contributed by atoms with van der Waals surface area (Å²) < 4.78 is 0. The predicted octanol–water partition coefficient (Wildman–Crippen LogP) is 4.15. The molecule has 0 aliphatic carbocycles. The summed E-state index contributed by atoms with van der Waals surface area (Å²) in [5, 5.41) is 8.20. The summed E-state index contributed by atoms with van der Waals surface area (Å²) in [7, 11) is 0. The molecular formula is C18H19Cl2N3. The van der Waals surface area contributed by atoms with Crippen LogP contribution in [0.3, 0.4) is 0 Å². The number of halogens is 2. The molecule has 2 aromatic carbocycles. The Labute approximate surface area is 147 Å². The lowest BCUT2D eigenvalue weighted by atomic mass is 10.2. The quantitative estimate of drug-likeness (QED) is 0.773. The molecule has 3 rings (SSSR count). The summed E-state index contributed by atoms with van der Waals surface area (Å²) in [6.45, 7) is 4.66. The molecule has 1 aliphatic rings. The van der Waals surface area contributed by atoms with Crippen molar-refractivity contribution in [1.82, 2.24) is 9.91 Å². The number of benzene rings is 2. The van der Waals surface area contributed by atoms with E-state index in [1.54, 1.807) is 0 Å². The zero-order valence-corrected chi connectivity index (χ0v) is 14.3. The minimum absolute atomic E-state index is 0.730. The Morgan fingerprint density at radius 1 is 0.870 bits per heavy atom. The van der Waals surface area contributed by atoms with Crippen LogP contribution >= 0.6 is 23.2 Å². The van der Waals surface area contributed by atoms with Crippen molar-refractivity contribution in [3.63, 3.8) is 0 Å². The normalized spacial score (nSPS) is 16.2. The van der Waals surface area contributed by atoms with Gasteiger partial charge in [-0.05, 0) is 17.7 Å². The van der Waals surface area contributed by atoms with E-state index in [0.717, 1.165) is 48.3 Å². The molecule has 0 unspecified atom stereocenters. The number of rotatable bonds is 4. The molecule has 1 saturated heterocycles. The van der Waals surface area contributed by atoms with Crippen LogP contribution in [0, 0.1) is 0 Å². The standard InChI is InChI=1S/C18H19Cl2N3/c19-17-7-3-1-5-15(17)13-21-23-11-9-22(10-12-23)14-16-6-2-4-8-18(16)20/h1-8,13H,9-12,14H2/b21-13+. The third kappa shape index (κ3) is 4.47. The fourth-order valence-electron chi connectivity index (χ4n) is 2.60. The number of nitrogens with zero attached hydrogens (tertiary/aromatic N) is 3. The highest BCUT2D eigenvalue weighted by Gasteiger charge is 2.16. The lowest BCUT2D eigenvalue weighted by molar-refractivity contribution is 0.131. The fourth-order valence-corrected chi connectivity index (χ4v) is 2.98. The summed E-state index contributed by atoms with van der Waals surface area (Å²) in [6.07, 6.45) is 1.84. The highest BCUT2D eigenvalue weighted by Crippen LogP contribution is 2.18. The lowest BCUT2D eigenvalue weighted by Crippen LogP contribution is -2.43. The van der Waals surface area contributed by atoms with Gasteiger partial charge >= 0.3 is 0 Å². The van der Waals surface area contributed by atoms with Gasteiger partial charge < -0.3 is 0 Å². The molecule has 1 aliphatic heterocycles. The molecule has 0 saturated carbocycles. The smallest absolute Gasteiger partial charge is 0.0557 e. The van der Waals surface area contributed by atoms with Gasteiger partial charge in [-0.1, -0.05) is 59.6 Å². The van der Waals surface area contributed by atoms with Gasteiger partial charge in [0, 0.05) is 48.3 Å². The SMILES string of the molecule is Clc1ccccc1/C=N/N1CCN(Cc2ccccc2Cl)CC1. The number of hydrogen-bond acceptors (Lipinski definition) is 3. The van der Waals surface area contributed by atoms with Crippen LogP contribution < -0.4 is 0 Å². The third-order valence-electron chi connectivity index (χ3n) is 3.97. The van der Waals surface area contributed by atoms with Gasteiger partial charge in [-0.25, -0.2) is 0 Å². The lowest BCUT2D eigenvalue weighted by Gasteiger charge is -2.33. The van der Waals surface area contributed by atoms with E-state index in [0.29, 0.717) is 0 Å². The molecule has 0 spiro atoms. The Hall–Kier alpha value is -1.55. The van der Waals surface area contributed by atoms with Crippen LogP contribution in [0.4, 0.5) is 0 Å². The van der Waals surface area contributed by atoms with Crippen LogP contribution in [0.15, 0.2) is 53.6 Å². The molecule has 5 heteroatoms. The molecule has 23 heavy (non-hydrogen) atoms. The zero-order chi connectivity index (χ0) is 16.1. The molecular weight excluding hydrogens is 329 g/mol. The molecule has 0 N–H and O–H groups in total. The first-order valence-electron chi connectivity index (χ1n) is 7.71. The van der Waals surface area contributed by atoms with Crippen molar-refractivity contribution in [2.45, 2.75) is 6.54 Å². The average Bonchev–Trinajstić information content (AvgIpc) is 2.57. The van der Waals surface area contributed by atoms with Crippen LogP contribution in [-0.4, -0.2) is 42.3 Å². The van der Waals surface area contributed by atoms with Crippen LogP contribution in [0.2, 0.25) is 10.0 Å². The van der Waals surface area contributed by atoms with E-state index in [2.05, 4.69) is 21.1 Å². The molecule has 0 aromatic heterocycles. The Balaban J connectivity index is 1.53. The first-order chi connectivity index (χ1) is 11.2.